The number of rotatable bonds is 13. The van der Waals surface area contributed by atoms with E-state index in [2.05, 4.69) is 10.6 Å². The van der Waals surface area contributed by atoms with Gasteiger partial charge in [0.15, 0.2) is 0 Å². The van der Waals surface area contributed by atoms with E-state index >= 15 is 0 Å². The number of esters is 2. The van der Waals surface area contributed by atoms with Crippen molar-refractivity contribution in [3.8, 4) is 0 Å². The zero-order valence-electron chi connectivity index (χ0n) is 22.9. The highest BCUT2D eigenvalue weighted by Crippen LogP contribution is 2.37. The molecule has 1 aromatic carbocycles. The first-order valence-corrected chi connectivity index (χ1v) is 14.9. The second-order valence-electron chi connectivity index (χ2n) is 10.5. The van der Waals surface area contributed by atoms with Crippen LogP contribution < -0.4 is 10.6 Å². The van der Waals surface area contributed by atoms with Crippen molar-refractivity contribution in [2.75, 3.05) is 27.3 Å². The number of ether oxygens (including phenoxy) is 3. The number of nitrogens with one attached hydrogen (secondary N) is 2. The van der Waals surface area contributed by atoms with Crippen molar-refractivity contribution in [3.63, 3.8) is 0 Å². The van der Waals surface area contributed by atoms with Crippen molar-refractivity contribution in [2.24, 2.45) is 11.8 Å². The van der Waals surface area contributed by atoms with Crippen LogP contribution in [0.3, 0.4) is 0 Å². The third kappa shape index (κ3) is 9.34. The molecule has 0 saturated heterocycles. The van der Waals surface area contributed by atoms with Gasteiger partial charge in [0.1, 0.15) is 12.1 Å². The van der Waals surface area contributed by atoms with Crippen LogP contribution >= 0.6 is 23.2 Å². The molecule has 1 amide bonds. The van der Waals surface area contributed by atoms with Crippen molar-refractivity contribution in [3.05, 3.63) is 35.9 Å². The number of benzene rings is 1. The largest absolute Gasteiger partial charge is 0.467 e. The first kappa shape index (κ1) is 31.7. The SMILES string of the molecule is CNCCCCOC1C(Cl)CC(C(=O)N[C@@H](Cc2ccccc2)C(=O)OC)C(OC(=O)C2CCCCC2)C1Cl. The van der Waals surface area contributed by atoms with Gasteiger partial charge in [-0.3, -0.25) is 9.59 Å². The summed E-state index contributed by atoms with van der Waals surface area (Å²) < 4.78 is 17.0. The summed E-state index contributed by atoms with van der Waals surface area (Å²) in [5.74, 6) is -2.40. The number of hydrogen-bond acceptors (Lipinski definition) is 7. The lowest BCUT2D eigenvalue weighted by Crippen LogP contribution is -2.58. The van der Waals surface area contributed by atoms with Crippen LogP contribution in [-0.4, -0.2) is 74.2 Å². The van der Waals surface area contributed by atoms with Crippen LogP contribution in [0.15, 0.2) is 30.3 Å². The standard InChI is InChI=1S/C29H42Cl2N2O6/c1-32-15-9-10-16-38-26-22(30)18-21(25(24(26)31)39-28(35)20-13-7-4-8-14-20)27(34)33-23(29(36)37-2)17-19-11-5-3-6-12-19/h3,5-6,11-12,20-26,32H,4,7-10,13-18H2,1-2H3,(H,33,34)/t21?,22?,23-,24?,25?,26?/m0/s1. The number of alkyl halides is 2. The lowest BCUT2D eigenvalue weighted by atomic mass is 9.82. The van der Waals surface area contributed by atoms with Gasteiger partial charge in [-0.1, -0.05) is 49.6 Å². The molecule has 0 bridgehead atoms. The maximum atomic E-state index is 13.6. The second kappa shape index (κ2) is 16.4. The third-order valence-electron chi connectivity index (χ3n) is 7.60. The Morgan fingerprint density at radius 2 is 1.74 bits per heavy atom. The molecule has 39 heavy (non-hydrogen) atoms. The Kier molecular flexibility index (Phi) is 13.3. The normalized spacial score (nSPS) is 26.4. The average molecular weight is 586 g/mol. The molecular formula is C29H42Cl2N2O6. The Balaban J connectivity index is 1.76. The Bertz CT molecular complexity index is 914. The van der Waals surface area contributed by atoms with Crippen molar-refractivity contribution < 1.29 is 28.6 Å². The van der Waals surface area contributed by atoms with E-state index < -0.39 is 46.8 Å². The molecule has 2 aliphatic rings. The lowest BCUT2D eigenvalue weighted by molar-refractivity contribution is -0.165. The maximum absolute atomic E-state index is 13.6. The summed E-state index contributed by atoms with van der Waals surface area (Å²) in [4.78, 5) is 39.4. The Hall–Kier alpha value is -1.87. The molecule has 0 heterocycles. The summed E-state index contributed by atoms with van der Waals surface area (Å²) in [7, 11) is 3.18. The molecule has 218 valence electrons. The van der Waals surface area contributed by atoms with Gasteiger partial charge in [0, 0.05) is 13.0 Å². The van der Waals surface area contributed by atoms with Crippen molar-refractivity contribution in [2.45, 2.75) is 86.8 Å². The van der Waals surface area contributed by atoms with Crippen LogP contribution in [0.1, 0.15) is 56.9 Å². The van der Waals surface area contributed by atoms with Crippen LogP contribution in [0.5, 0.6) is 0 Å². The van der Waals surface area contributed by atoms with Crippen LogP contribution in [0.25, 0.3) is 0 Å². The zero-order valence-corrected chi connectivity index (χ0v) is 24.4. The number of halogens is 2. The van der Waals surface area contributed by atoms with Crippen LogP contribution in [-0.2, 0) is 35.0 Å². The van der Waals surface area contributed by atoms with E-state index in [1.165, 1.54) is 7.11 Å². The number of amides is 1. The number of methoxy groups -OCH3 is 1. The molecule has 0 aliphatic heterocycles. The number of carbonyl (C=O) groups excluding carboxylic acids is 3. The van der Waals surface area contributed by atoms with E-state index in [0.29, 0.717) is 6.61 Å². The van der Waals surface area contributed by atoms with Crippen LogP contribution in [0, 0.1) is 11.8 Å². The molecule has 10 heteroatoms. The van der Waals surface area contributed by atoms with Crippen molar-refractivity contribution in [1.29, 1.82) is 0 Å². The maximum Gasteiger partial charge on any atom is 0.328 e. The number of hydrogen-bond donors (Lipinski definition) is 2. The van der Waals surface area contributed by atoms with Gasteiger partial charge in [0.25, 0.3) is 0 Å². The Morgan fingerprint density at radius 3 is 2.41 bits per heavy atom. The van der Waals surface area contributed by atoms with Gasteiger partial charge in [-0.05, 0) is 51.3 Å². The van der Waals surface area contributed by atoms with Gasteiger partial charge in [0.05, 0.1) is 35.8 Å². The summed E-state index contributed by atoms with van der Waals surface area (Å²) in [6.45, 7) is 1.33. The van der Waals surface area contributed by atoms with Gasteiger partial charge in [-0.2, -0.15) is 0 Å². The highest BCUT2D eigenvalue weighted by atomic mass is 35.5. The minimum Gasteiger partial charge on any atom is -0.467 e. The van der Waals surface area contributed by atoms with E-state index in [1.54, 1.807) is 0 Å². The van der Waals surface area contributed by atoms with E-state index in [0.717, 1.165) is 57.1 Å². The van der Waals surface area contributed by atoms with E-state index in [4.69, 9.17) is 37.4 Å². The van der Waals surface area contributed by atoms with Crippen LogP contribution in [0.4, 0.5) is 0 Å². The molecule has 8 nitrogen and oxygen atoms in total. The molecule has 0 spiro atoms. The summed E-state index contributed by atoms with van der Waals surface area (Å²) in [6, 6.07) is 8.44. The van der Waals surface area contributed by atoms with Gasteiger partial charge in [0.2, 0.25) is 5.91 Å². The molecule has 2 N–H and O–H groups in total. The van der Waals surface area contributed by atoms with Gasteiger partial charge in [-0.15, -0.1) is 23.2 Å². The minimum absolute atomic E-state index is 0.194. The minimum atomic E-state index is -0.937. The highest BCUT2D eigenvalue weighted by molar-refractivity contribution is 6.25. The van der Waals surface area contributed by atoms with Crippen molar-refractivity contribution >= 4 is 41.0 Å². The highest BCUT2D eigenvalue weighted by Gasteiger charge is 2.50. The van der Waals surface area contributed by atoms with Gasteiger partial charge < -0.3 is 24.8 Å². The molecule has 2 fully saturated rings. The fraction of sp³-hybridized carbons (Fsp3) is 0.690. The van der Waals surface area contributed by atoms with Crippen LogP contribution in [0.2, 0.25) is 0 Å². The fourth-order valence-electron chi connectivity index (χ4n) is 5.37. The summed E-state index contributed by atoms with van der Waals surface area (Å²) in [5.41, 5.74) is 0.870. The first-order valence-electron chi connectivity index (χ1n) is 14.0. The van der Waals surface area contributed by atoms with Crippen molar-refractivity contribution in [1.82, 2.24) is 10.6 Å². The third-order valence-corrected chi connectivity index (χ3v) is 8.53. The molecule has 0 radical (unpaired) electrons. The fourth-order valence-corrected chi connectivity index (χ4v) is 6.35. The average Bonchev–Trinajstić information content (AvgIpc) is 2.95. The quantitative estimate of drug-likeness (QED) is 0.205. The van der Waals surface area contributed by atoms with Gasteiger partial charge in [-0.25, -0.2) is 4.79 Å². The summed E-state index contributed by atoms with van der Waals surface area (Å²) in [5, 5.41) is 4.54. The zero-order chi connectivity index (χ0) is 28.2. The molecular weight excluding hydrogens is 543 g/mol. The van der Waals surface area contributed by atoms with E-state index in [9.17, 15) is 14.4 Å². The molecule has 0 aromatic heterocycles. The molecule has 3 rings (SSSR count). The van der Waals surface area contributed by atoms with E-state index in [1.807, 2.05) is 37.4 Å². The molecule has 1 aromatic rings. The Labute approximate surface area is 241 Å². The molecule has 5 unspecified atom stereocenters. The predicted octanol–water partition coefficient (Wildman–Crippen LogP) is 4.00. The number of unbranched alkanes of at least 4 members (excludes halogenated alkanes) is 1. The monoisotopic (exact) mass is 584 g/mol. The topological polar surface area (TPSA) is 103 Å². The van der Waals surface area contributed by atoms with E-state index in [-0.39, 0.29) is 24.7 Å². The molecule has 6 atom stereocenters. The smallest absolute Gasteiger partial charge is 0.328 e. The molecule has 2 aliphatic carbocycles. The number of carbonyl (C=O) groups is 3. The second-order valence-corrected chi connectivity index (χ2v) is 11.5. The summed E-state index contributed by atoms with van der Waals surface area (Å²) >= 11 is 13.6. The predicted molar refractivity (Wildman–Crippen MR) is 151 cm³/mol. The lowest BCUT2D eigenvalue weighted by Gasteiger charge is -2.42. The summed E-state index contributed by atoms with van der Waals surface area (Å²) in [6.07, 6.45) is 5.26. The van der Waals surface area contributed by atoms with Gasteiger partial charge >= 0.3 is 11.9 Å². The first-order chi connectivity index (χ1) is 18.8. The Morgan fingerprint density at radius 1 is 1.03 bits per heavy atom. The molecule has 2 saturated carbocycles.